The van der Waals surface area contributed by atoms with E-state index < -0.39 is 16.3 Å². The van der Waals surface area contributed by atoms with Crippen LogP contribution in [0, 0.1) is 0 Å². The Hall–Kier alpha value is -3.95. The van der Waals surface area contributed by atoms with Crippen LogP contribution in [0.2, 0.25) is 0 Å². The molecule has 3 nitrogen and oxygen atoms in total. The Bertz CT molecular complexity index is 1740. The van der Waals surface area contributed by atoms with Gasteiger partial charge in [-0.2, -0.15) is 13.2 Å². The first-order valence-electron chi connectivity index (χ1n) is 12.7. The number of rotatable bonds is 3. The van der Waals surface area contributed by atoms with Gasteiger partial charge in [-0.1, -0.05) is 48.5 Å². The zero-order valence-corrected chi connectivity index (χ0v) is 22.4. The van der Waals surface area contributed by atoms with E-state index in [2.05, 4.69) is 0 Å². The summed E-state index contributed by atoms with van der Waals surface area (Å²) < 4.78 is 55.5. The third kappa shape index (κ3) is 3.37. The molecule has 9 heteroatoms. The van der Waals surface area contributed by atoms with Crippen LogP contribution in [0.25, 0.3) is 0 Å². The Labute approximate surface area is 235 Å². The number of alkyl halides is 3. The van der Waals surface area contributed by atoms with Crippen molar-refractivity contribution >= 4 is 79.8 Å². The summed E-state index contributed by atoms with van der Waals surface area (Å²) >= 11 is -0.102. The zero-order chi connectivity index (χ0) is 27.2. The van der Waals surface area contributed by atoms with Gasteiger partial charge in [0.15, 0.2) is 0 Å². The molecule has 5 aromatic rings. The highest BCUT2D eigenvalue weighted by Crippen LogP contribution is 2.49. The van der Waals surface area contributed by atoms with Crippen molar-refractivity contribution in [1.82, 2.24) is 0 Å². The lowest BCUT2D eigenvalue weighted by atomic mass is 9.33. The van der Waals surface area contributed by atoms with Crippen LogP contribution in [-0.2, 0) is 10.8 Å². The molecule has 5 aromatic carbocycles. The molecule has 0 saturated heterocycles. The maximum Gasteiger partial charge on any atom is 0.446 e. The van der Waals surface area contributed by atoms with Crippen LogP contribution >= 0.6 is 11.8 Å². The van der Waals surface area contributed by atoms with Crippen LogP contribution in [0.5, 0.6) is 0 Å². The molecule has 0 amide bonds. The second-order valence-corrected chi connectivity index (χ2v) is 12.4. The lowest BCUT2D eigenvalue weighted by Crippen LogP contribution is -2.64. The highest BCUT2D eigenvalue weighted by atomic mass is 32.2. The monoisotopic (exact) mass is 566 g/mol. The Kier molecular flexibility index (Phi) is 5.09. The van der Waals surface area contributed by atoms with Gasteiger partial charge in [-0.25, -0.2) is 4.21 Å². The van der Waals surface area contributed by atoms with Gasteiger partial charge in [0.25, 0.3) is 6.71 Å². The molecule has 0 aromatic heterocycles. The van der Waals surface area contributed by atoms with Crippen molar-refractivity contribution in [2.45, 2.75) is 20.2 Å². The normalized spacial score (nSPS) is 14.8. The Morgan fingerprint density at radius 2 is 1.07 bits per heavy atom. The number of hydrogen-bond donors (Lipinski definition) is 0. The molecule has 40 heavy (non-hydrogen) atoms. The van der Waals surface area contributed by atoms with E-state index in [-0.39, 0.29) is 23.4 Å². The van der Waals surface area contributed by atoms with Gasteiger partial charge in [-0.05, 0) is 88.8 Å². The van der Waals surface area contributed by atoms with E-state index >= 15 is 0 Å². The molecule has 0 N–H and O–H groups in total. The average molecular weight is 566 g/mol. The molecule has 0 fully saturated rings. The fourth-order valence-electron chi connectivity index (χ4n) is 6.34. The molecular formula is C31H18BF3N2OS2. The predicted molar refractivity (Wildman–Crippen MR) is 157 cm³/mol. The fourth-order valence-corrected chi connectivity index (χ4v) is 8.43. The molecule has 0 aliphatic carbocycles. The minimum absolute atomic E-state index is 0.102. The maximum absolute atomic E-state index is 14.1. The topological polar surface area (TPSA) is 23.6 Å². The molecule has 3 heterocycles. The number of nitrogens with zero attached hydrogens (tertiary/aromatic N) is 2. The molecule has 3 aliphatic heterocycles. The third-order valence-corrected chi connectivity index (χ3v) is 9.90. The van der Waals surface area contributed by atoms with E-state index in [0.717, 1.165) is 48.9 Å². The molecule has 0 saturated carbocycles. The Morgan fingerprint density at radius 3 is 1.52 bits per heavy atom. The third-order valence-electron chi connectivity index (χ3n) is 7.69. The average Bonchev–Trinajstić information content (AvgIpc) is 2.95. The van der Waals surface area contributed by atoms with Crippen LogP contribution in [0.1, 0.15) is 0 Å². The van der Waals surface area contributed by atoms with E-state index in [9.17, 15) is 17.4 Å². The number of anilines is 6. The Morgan fingerprint density at radius 1 is 0.600 bits per heavy atom. The summed E-state index contributed by atoms with van der Waals surface area (Å²) in [5, 5.41) is 0. The number of halogens is 3. The summed E-state index contributed by atoms with van der Waals surface area (Å²) in [6, 6.07) is 34.2. The molecule has 0 bridgehead atoms. The summed E-state index contributed by atoms with van der Waals surface area (Å²) in [6.07, 6.45) is 0. The predicted octanol–water partition coefficient (Wildman–Crippen LogP) is 6.86. The van der Waals surface area contributed by atoms with Crippen molar-refractivity contribution in [3.8, 4) is 0 Å². The summed E-state index contributed by atoms with van der Waals surface area (Å²) in [5.74, 6) is 0. The summed E-state index contributed by atoms with van der Waals surface area (Å²) in [6.45, 7) is -0.259. The van der Waals surface area contributed by atoms with Crippen molar-refractivity contribution in [3.05, 3.63) is 109 Å². The minimum Gasteiger partial charge on any atom is -0.311 e. The van der Waals surface area contributed by atoms with Crippen LogP contribution in [-0.4, -0.2) is 16.4 Å². The first kappa shape index (κ1) is 23.9. The molecule has 0 unspecified atom stereocenters. The molecule has 194 valence electrons. The van der Waals surface area contributed by atoms with Gasteiger partial charge in [-0.3, -0.25) is 0 Å². The first-order valence-corrected chi connectivity index (χ1v) is 14.7. The SMILES string of the molecule is O=S1c2cccc3c2B2c4c(cc(SC(F)(F)F)cc4N(c4ccccc4)c4cccc1c42)N3c1ccccc1. The smallest absolute Gasteiger partial charge is 0.311 e. The quantitative estimate of drug-likeness (QED) is 0.172. The van der Waals surface area contributed by atoms with Crippen LogP contribution in [0.3, 0.4) is 0 Å². The second kappa shape index (κ2) is 8.53. The van der Waals surface area contributed by atoms with Crippen molar-refractivity contribution in [2.24, 2.45) is 0 Å². The van der Waals surface area contributed by atoms with Crippen LogP contribution in [0.4, 0.5) is 47.3 Å². The lowest BCUT2D eigenvalue weighted by molar-refractivity contribution is -0.0328. The highest BCUT2D eigenvalue weighted by Gasteiger charge is 2.49. The van der Waals surface area contributed by atoms with E-state index in [0.29, 0.717) is 11.4 Å². The van der Waals surface area contributed by atoms with Gasteiger partial charge >= 0.3 is 5.51 Å². The van der Waals surface area contributed by atoms with Crippen molar-refractivity contribution in [2.75, 3.05) is 9.80 Å². The van der Waals surface area contributed by atoms with Crippen LogP contribution in [0.15, 0.2) is 124 Å². The molecule has 0 radical (unpaired) electrons. The largest absolute Gasteiger partial charge is 0.446 e. The summed E-state index contributed by atoms with van der Waals surface area (Å²) in [7, 11) is -1.41. The molecule has 8 rings (SSSR count). The fraction of sp³-hybridized carbons (Fsp3) is 0.0323. The molecule has 0 atom stereocenters. The number of para-hydroxylation sites is 2. The van der Waals surface area contributed by atoms with Gasteiger partial charge in [0.1, 0.15) is 0 Å². The molecule has 3 aliphatic rings. The second-order valence-electron chi connectivity index (χ2n) is 9.84. The standard InChI is InChI=1S/C31H18BF3N2OS2/c33-31(34,35)39-21-17-24-28-25(18-21)37(20-11-5-2-6-12-20)23-14-8-16-27-30(23)32(28)29-22(13-7-15-26(29)40(27)38)36(24)19-9-3-1-4-10-19/h1-18H. The van der Waals surface area contributed by atoms with Gasteiger partial charge in [0.2, 0.25) is 0 Å². The van der Waals surface area contributed by atoms with Gasteiger partial charge in [-0.15, -0.1) is 0 Å². The first-order chi connectivity index (χ1) is 19.4. The lowest BCUT2D eigenvalue weighted by Gasteiger charge is -2.46. The van der Waals surface area contributed by atoms with Gasteiger partial charge in [0, 0.05) is 48.8 Å². The zero-order valence-electron chi connectivity index (χ0n) is 20.7. The van der Waals surface area contributed by atoms with E-state index in [1.54, 1.807) is 12.1 Å². The van der Waals surface area contributed by atoms with Gasteiger partial charge in [0.05, 0.1) is 10.8 Å². The van der Waals surface area contributed by atoms with Crippen molar-refractivity contribution < 1.29 is 17.4 Å². The maximum atomic E-state index is 14.1. The van der Waals surface area contributed by atoms with Crippen LogP contribution < -0.4 is 26.2 Å². The Balaban J connectivity index is 1.53. The summed E-state index contributed by atoms with van der Waals surface area (Å²) in [4.78, 5) is 5.64. The number of thioether (sulfide) groups is 1. The van der Waals surface area contributed by atoms with E-state index in [1.807, 2.05) is 107 Å². The van der Waals surface area contributed by atoms with E-state index in [4.69, 9.17) is 0 Å². The number of hydrogen-bond acceptors (Lipinski definition) is 4. The van der Waals surface area contributed by atoms with E-state index in [1.165, 1.54) is 0 Å². The summed E-state index contributed by atoms with van der Waals surface area (Å²) in [5.41, 5.74) is 3.07. The molecule has 0 spiro atoms. The van der Waals surface area contributed by atoms with Crippen molar-refractivity contribution in [3.63, 3.8) is 0 Å². The number of benzene rings is 5. The minimum atomic E-state index is -4.45. The van der Waals surface area contributed by atoms with Gasteiger partial charge < -0.3 is 9.80 Å². The molecular weight excluding hydrogens is 548 g/mol. The van der Waals surface area contributed by atoms with Crippen molar-refractivity contribution in [1.29, 1.82) is 0 Å². The highest BCUT2D eigenvalue weighted by molar-refractivity contribution is 8.00.